The molecule has 13 heavy (non-hydrogen) atoms. The number of halogens is 1. The van der Waals surface area contributed by atoms with Crippen LogP contribution in [0.1, 0.15) is 20.3 Å². The highest BCUT2D eigenvalue weighted by Gasteiger charge is 2.48. The van der Waals surface area contributed by atoms with Crippen LogP contribution < -0.4 is 0 Å². The maximum absolute atomic E-state index is 13.5. The normalized spacial score (nSPS) is 27.0. The summed E-state index contributed by atoms with van der Waals surface area (Å²) in [6.07, 6.45) is -0.142. The summed E-state index contributed by atoms with van der Waals surface area (Å²) < 4.78 is 17.8. The van der Waals surface area contributed by atoms with Gasteiger partial charge in [-0.3, -0.25) is 0 Å². The second-order valence-corrected chi connectivity index (χ2v) is 3.23. The highest BCUT2D eigenvalue weighted by molar-refractivity contribution is 5.93. The van der Waals surface area contributed by atoms with Gasteiger partial charge in [-0.25, -0.2) is 4.79 Å². The first kappa shape index (κ1) is 9.95. The number of alkyl halides is 1. The number of rotatable bonds is 2. The third-order valence-electron chi connectivity index (χ3n) is 1.87. The molecule has 0 aliphatic carbocycles. The smallest absolute Gasteiger partial charge is 0.386 e. The quantitative estimate of drug-likeness (QED) is 0.614. The standard InChI is InChI=1S/C8H12FNO3/c1-5(2)6-4-8(9,13-10-6)7(11)12-3/h5H,4H2,1-3H3. The summed E-state index contributed by atoms with van der Waals surface area (Å²) in [5.41, 5.74) is 0.535. The second kappa shape index (κ2) is 3.32. The minimum absolute atomic E-state index is 0.0716. The predicted octanol–water partition coefficient (Wildman–Crippen LogP) is 1.26. The zero-order valence-corrected chi connectivity index (χ0v) is 7.83. The second-order valence-electron chi connectivity index (χ2n) is 3.23. The van der Waals surface area contributed by atoms with Gasteiger partial charge in [0.15, 0.2) is 0 Å². The Labute approximate surface area is 75.7 Å². The van der Waals surface area contributed by atoms with E-state index >= 15 is 0 Å². The first-order valence-electron chi connectivity index (χ1n) is 4.02. The number of nitrogens with zero attached hydrogens (tertiary/aromatic N) is 1. The number of ether oxygens (including phenoxy) is 1. The van der Waals surface area contributed by atoms with Crippen LogP contribution >= 0.6 is 0 Å². The predicted molar refractivity (Wildman–Crippen MR) is 43.8 cm³/mol. The maximum atomic E-state index is 13.5. The zero-order chi connectivity index (χ0) is 10.1. The van der Waals surface area contributed by atoms with E-state index in [1.54, 1.807) is 0 Å². The van der Waals surface area contributed by atoms with Crippen molar-refractivity contribution in [2.24, 2.45) is 11.1 Å². The number of carbonyl (C=O) groups is 1. The molecule has 0 fully saturated rings. The van der Waals surface area contributed by atoms with Crippen molar-refractivity contribution in [1.82, 2.24) is 0 Å². The van der Waals surface area contributed by atoms with E-state index < -0.39 is 11.8 Å². The molecule has 1 aliphatic heterocycles. The molecule has 0 bridgehead atoms. The Kier molecular flexibility index (Phi) is 2.54. The number of hydrogen-bond donors (Lipinski definition) is 0. The largest absolute Gasteiger partial charge is 0.464 e. The lowest BCUT2D eigenvalue weighted by molar-refractivity contribution is -0.191. The molecular formula is C8H12FNO3. The minimum atomic E-state index is -2.41. The number of methoxy groups -OCH3 is 1. The fraction of sp³-hybridized carbons (Fsp3) is 0.750. The van der Waals surface area contributed by atoms with Gasteiger partial charge in [0.1, 0.15) is 0 Å². The van der Waals surface area contributed by atoms with Crippen molar-refractivity contribution in [3.63, 3.8) is 0 Å². The molecule has 1 atom stereocenters. The van der Waals surface area contributed by atoms with Gasteiger partial charge >= 0.3 is 11.8 Å². The van der Waals surface area contributed by atoms with E-state index in [0.29, 0.717) is 5.71 Å². The van der Waals surface area contributed by atoms with Crippen molar-refractivity contribution < 1.29 is 18.8 Å². The Balaban J connectivity index is 2.67. The SMILES string of the molecule is COC(=O)C1(F)CC(C(C)C)=NO1. The molecule has 0 amide bonds. The van der Waals surface area contributed by atoms with Gasteiger partial charge in [0.25, 0.3) is 0 Å². The van der Waals surface area contributed by atoms with Gasteiger partial charge in [-0.15, -0.1) is 0 Å². The molecule has 0 aromatic carbocycles. The molecule has 1 aliphatic rings. The molecule has 4 nitrogen and oxygen atoms in total. The Morgan fingerprint density at radius 3 is 2.77 bits per heavy atom. The molecule has 1 heterocycles. The Bertz CT molecular complexity index is 252. The highest BCUT2D eigenvalue weighted by Crippen LogP contribution is 2.29. The van der Waals surface area contributed by atoms with E-state index in [0.717, 1.165) is 7.11 Å². The molecule has 0 spiro atoms. The van der Waals surface area contributed by atoms with Crippen molar-refractivity contribution in [3.05, 3.63) is 0 Å². The van der Waals surface area contributed by atoms with Gasteiger partial charge < -0.3 is 9.57 Å². The van der Waals surface area contributed by atoms with Crippen molar-refractivity contribution >= 4 is 11.7 Å². The third kappa shape index (κ3) is 1.79. The molecule has 0 N–H and O–H groups in total. The first-order valence-corrected chi connectivity index (χ1v) is 4.02. The fourth-order valence-corrected chi connectivity index (χ4v) is 1.000. The van der Waals surface area contributed by atoms with Crippen molar-refractivity contribution in [2.45, 2.75) is 26.1 Å². The van der Waals surface area contributed by atoms with Crippen molar-refractivity contribution in [3.8, 4) is 0 Å². The minimum Gasteiger partial charge on any atom is -0.464 e. The summed E-state index contributed by atoms with van der Waals surface area (Å²) in [5, 5.41) is 3.50. The zero-order valence-electron chi connectivity index (χ0n) is 7.83. The molecule has 0 aromatic heterocycles. The van der Waals surface area contributed by atoms with Crippen LogP contribution in [-0.4, -0.2) is 24.6 Å². The van der Waals surface area contributed by atoms with E-state index in [2.05, 4.69) is 14.7 Å². The summed E-state index contributed by atoms with van der Waals surface area (Å²) in [6.45, 7) is 3.70. The third-order valence-corrected chi connectivity index (χ3v) is 1.87. The van der Waals surface area contributed by atoms with Gasteiger partial charge in [0, 0.05) is 0 Å². The summed E-state index contributed by atoms with van der Waals surface area (Å²) >= 11 is 0. The van der Waals surface area contributed by atoms with Crippen LogP contribution in [0.2, 0.25) is 0 Å². The van der Waals surface area contributed by atoms with E-state index in [-0.39, 0.29) is 12.3 Å². The average molecular weight is 189 g/mol. The Morgan fingerprint density at radius 2 is 2.38 bits per heavy atom. The molecule has 0 radical (unpaired) electrons. The lowest BCUT2D eigenvalue weighted by Gasteiger charge is -2.13. The lowest BCUT2D eigenvalue weighted by atomic mass is 10.0. The lowest BCUT2D eigenvalue weighted by Crippen LogP contribution is -2.35. The molecule has 1 unspecified atom stereocenters. The van der Waals surface area contributed by atoms with Crippen LogP contribution in [0.15, 0.2) is 5.16 Å². The molecule has 5 heteroatoms. The van der Waals surface area contributed by atoms with Gasteiger partial charge in [0.05, 0.1) is 19.2 Å². The maximum Gasteiger partial charge on any atom is 0.386 e. The summed E-state index contributed by atoms with van der Waals surface area (Å²) in [4.78, 5) is 15.3. The molecular weight excluding hydrogens is 177 g/mol. The van der Waals surface area contributed by atoms with Crippen LogP contribution in [0.4, 0.5) is 4.39 Å². The fourth-order valence-electron chi connectivity index (χ4n) is 1.000. The van der Waals surface area contributed by atoms with Crippen LogP contribution in [-0.2, 0) is 14.4 Å². The molecule has 1 rings (SSSR count). The summed E-state index contributed by atoms with van der Waals surface area (Å²) in [5.74, 6) is -3.37. The van der Waals surface area contributed by atoms with E-state index in [1.165, 1.54) is 0 Å². The number of esters is 1. The molecule has 0 saturated carbocycles. The van der Waals surface area contributed by atoms with E-state index in [9.17, 15) is 9.18 Å². The van der Waals surface area contributed by atoms with Crippen LogP contribution in [0.25, 0.3) is 0 Å². The van der Waals surface area contributed by atoms with Crippen LogP contribution in [0, 0.1) is 5.92 Å². The molecule has 74 valence electrons. The van der Waals surface area contributed by atoms with Gasteiger partial charge in [-0.05, 0) is 5.92 Å². The summed E-state index contributed by atoms with van der Waals surface area (Å²) in [7, 11) is 1.11. The number of hydrogen-bond acceptors (Lipinski definition) is 4. The number of carbonyl (C=O) groups excluding carboxylic acids is 1. The Morgan fingerprint density at radius 1 is 1.77 bits per heavy atom. The summed E-state index contributed by atoms with van der Waals surface area (Å²) in [6, 6.07) is 0. The topological polar surface area (TPSA) is 47.9 Å². The first-order chi connectivity index (χ1) is 5.99. The Hall–Kier alpha value is -1.13. The van der Waals surface area contributed by atoms with Crippen molar-refractivity contribution in [1.29, 1.82) is 0 Å². The van der Waals surface area contributed by atoms with E-state index in [4.69, 9.17) is 0 Å². The van der Waals surface area contributed by atoms with Gasteiger partial charge in [0.2, 0.25) is 0 Å². The van der Waals surface area contributed by atoms with Crippen LogP contribution in [0.5, 0.6) is 0 Å². The number of oxime groups is 1. The molecule has 0 aromatic rings. The average Bonchev–Trinajstić information content (AvgIpc) is 2.48. The van der Waals surface area contributed by atoms with Gasteiger partial charge in [-0.2, -0.15) is 4.39 Å². The monoisotopic (exact) mass is 189 g/mol. The van der Waals surface area contributed by atoms with Crippen LogP contribution in [0.3, 0.4) is 0 Å². The van der Waals surface area contributed by atoms with Gasteiger partial charge in [-0.1, -0.05) is 19.0 Å². The highest BCUT2D eigenvalue weighted by atomic mass is 19.2. The van der Waals surface area contributed by atoms with E-state index in [1.807, 2.05) is 13.8 Å². The molecule has 0 saturated heterocycles. The van der Waals surface area contributed by atoms with Crippen molar-refractivity contribution in [2.75, 3.05) is 7.11 Å².